The minimum atomic E-state index is -0.417. The fourth-order valence-electron chi connectivity index (χ4n) is 2.62. The molecule has 4 heteroatoms. The summed E-state index contributed by atoms with van der Waals surface area (Å²) >= 11 is 0. The fraction of sp³-hybridized carbons (Fsp3) is 0.100. The normalized spacial score (nSPS) is 10.4. The molecular weight excluding hydrogens is 300 g/mol. The first-order valence-electron chi connectivity index (χ1n) is 7.69. The number of nitrogens with zero attached hydrogens (tertiary/aromatic N) is 1. The molecule has 1 aromatic heterocycles. The number of amides is 1. The van der Waals surface area contributed by atoms with Crippen molar-refractivity contribution in [3.63, 3.8) is 0 Å². The van der Waals surface area contributed by atoms with E-state index in [0.717, 1.165) is 11.1 Å². The highest BCUT2D eigenvalue weighted by molar-refractivity contribution is 5.98. The van der Waals surface area contributed by atoms with E-state index in [-0.39, 0.29) is 5.91 Å². The molecule has 0 fully saturated rings. The molecule has 0 spiro atoms. The lowest BCUT2D eigenvalue weighted by Gasteiger charge is -2.18. The summed E-state index contributed by atoms with van der Waals surface area (Å²) in [6.07, 6.45) is 1.62. The summed E-state index contributed by atoms with van der Waals surface area (Å²) in [5.41, 5.74) is 1.85. The second kappa shape index (κ2) is 7.42. The number of carbonyl (C=O) groups excluding carboxylic acids is 1. The van der Waals surface area contributed by atoms with E-state index in [1.165, 1.54) is 0 Å². The molecule has 0 unspecified atom stereocenters. The van der Waals surface area contributed by atoms with E-state index < -0.39 is 5.92 Å². The van der Waals surface area contributed by atoms with Crippen LogP contribution in [0.15, 0.2) is 79.0 Å². The number of benzene rings is 2. The summed E-state index contributed by atoms with van der Waals surface area (Å²) in [7, 11) is 1.55. The van der Waals surface area contributed by atoms with Gasteiger partial charge in [-0.1, -0.05) is 60.7 Å². The van der Waals surface area contributed by atoms with Gasteiger partial charge in [-0.25, -0.2) is 4.98 Å². The molecule has 0 aliphatic rings. The molecule has 1 heterocycles. The first-order valence-corrected chi connectivity index (χ1v) is 7.69. The molecule has 0 radical (unpaired) electrons. The number of aromatic nitrogens is 1. The highest BCUT2D eigenvalue weighted by Crippen LogP contribution is 2.28. The molecule has 2 aromatic carbocycles. The summed E-state index contributed by atoms with van der Waals surface area (Å²) in [4.78, 5) is 17.2. The maximum absolute atomic E-state index is 13.0. The molecule has 3 aromatic rings. The summed E-state index contributed by atoms with van der Waals surface area (Å²) in [5, 5.41) is 2.88. The minimum Gasteiger partial charge on any atom is -0.493 e. The second-order valence-electron chi connectivity index (χ2n) is 5.30. The lowest BCUT2D eigenvalue weighted by molar-refractivity contribution is -0.116. The third-order valence-corrected chi connectivity index (χ3v) is 3.76. The molecule has 120 valence electrons. The fourth-order valence-corrected chi connectivity index (χ4v) is 2.62. The Morgan fingerprint density at radius 1 is 0.917 bits per heavy atom. The van der Waals surface area contributed by atoms with E-state index in [2.05, 4.69) is 10.3 Å². The number of ether oxygens (including phenoxy) is 1. The van der Waals surface area contributed by atoms with Crippen LogP contribution in [0, 0.1) is 0 Å². The third-order valence-electron chi connectivity index (χ3n) is 3.76. The van der Waals surface area contributed by atoms with E-state index in [1.54, 1.807) is 25.4 Å². The van der Waals surface area contributed by atoms with Crippen molar-refractivity contribution in [2.75, 3.05) is 12.4 Å². The molecule has 4 nitrogen and oxygen atoms in total. The molecule has 0 aliphatic carbocycles. The molecule has 24 heavy (non-hydrogen) atoms. The Balaban J connectivity index is 1.95. The van der Waals surface area contributed by atoms with Gasteiger partial charge in [-0.05, 0) is 23.3 Å². The molecule has 0 bridgehead atoms. The minimum absolute atomic E-state index is 0.149. The zero-order valence-electron chi connectivity index (χ0n) is 13.3. The van der Waals surface area contributed by atoms with Crippen molar-refractivity contribution in [3.8, 4) is 5.75 Å². The quantitative estimate of drug-likeness (QED) is 0.777. The molecule has 0 saturated carbocycles. The Kier molecular flexibility index (Phi) is 4.87. The molecule has 1 amide bonds. The van der Waals surface area contributed by atoms with Crippen LogP contribution in [0.1, 0.15) is 17.0 Å². The average Bonchev–Trinajstić information content (AvgIpc) is 2.64. The van der Waals surface area contributed by atoms with Gasteiger partial charge in [-0.3, -0.25) is 4.79 Å². The Bertz CT molecular complexity index is 765. The van der Waals surface area contributed by atoms with E-state index in [1.807, 2.05) is 60.7 Å². The van der Waals surface area contributed by atoms with Gasteiger partial charge in [-0.2, -0.15) is 0 Å². The zero-order chi connectivity index (χ0) is 16.8. The van der Waals surface area contributed by atoms with Crippen molar-refractivity contribution in [1.82, 2.24) is 4.98 Å². The molecule has 0 aliphatic heterocycles. The number of rotatable bonds is 5. The number of pyridine rings is 1. The lowest BCUT2D eigenvalue weighted by Crippen LogP contribution is -2.23. The number of anilines is 1. The van der Waals surface area contributed by atoms with E-state index in [4.69, 9.17) is 4.74 Å². The highest BCUT2D eigenvalue weighted by atomic mass is 16.5. The summed E-state index contributed by atoms with van der Waals surface area (Å²) in [6.45, 7) is 0. The van der Waals surface area contributed by atoms with Gasteiger partial charge < -0.3 is 10.1 Å². The Hall–Kier alpha value is -3.14. The third kappa shape index (κ3) is 3.43. The first-order chi connectivity index (χ1) is 11.8. The predicted molar refractivity (Wildman–Crippen MR) is 94.1 cm³/mol. The van der Waals surface area contributed by atoms with Crippen LogP contribution >= 0.6 is 0 Å². The van der Waals surface area contributed by atoms with Crippen LogP contribution in [-0.4, -0.2) is 18.0 Å². The maximum Gasteiger partial charge on any atom is 0.237 e. The number of nitrogens with one attached hydrogen (secondary N) is 1. The monoisotopic (exact) mass is 318 g/mol. The van der Waals surface area contributed by atoms with Crippen LogP contribution in [0.25, 0.3) is 0 Å². The Labute approximate surface area is 141 Å². The number of methoxy groups -OCH3 is 1. The predicted octanol–water partition coefficient (Wildman–Crippen LogP) is 3.86. The maximum atomic E-state index is 13.0. The van der Waals surface area contributed by atoms with Crippen molar-refractivity contribution in [2.24, 2.45) is 0 Å². The second-order valence-corrected chi connectivity index (χ2v) is 5.30. The van der Waals surface area contributed by atoms with Crippen molar-refractivity contribution in [2.45, 2.75) is 5.92 Å². The highest BCUT2D eigenvalue weighted by Gasteiger charge is 2.23. The number of hydrogen-bond donors (Lipinski definition) is 1. The van der Waals surface area contributed by atoms with E-state index in [0.29, 0.717) is 11.6 Å². The molecule has 0 atom stereocenters. The lowest BCUT2D eigenvalue weighted by atomic mass is 9.90. The van der Waals surface area contributed by atoms with Crippen molar-refractivity contribution < 1.29 is 9.53 Å². The largest absolute Gasteiger partial charge is 0.493 e. The van der Waals surface area contributed by atoms with Crippen LogP contribution in [-0.2, 0) is 4.79 Å². The Morgan fingerprint density at radius 3 is 2.04 bits per heavy atom. The smallest absolute Gasteiger partial charge is 0.237 e. The van der Waals surface area contributed by atoms with Gasteiger partial charge in [0, 0.05) is 6.20 Å². The standard InChI is InChI=1S/C20H18N2O2/c1-24-17-13-8-14-21-19(17)22-20(23)18(15-9-4-2-5-10-15)16-11-6-3-7-12-16/h2-14,18H,1H3,(H,21,22,23). The molecule has 3 rings (SSSR count). The van der Waals surface area contributed by atoms with Gasteiger partial charge in [0.15, 0.2) is 11.6 Å². The molecule has 1 N–H and O–H groups in total. The van der Waals surface area contributed by atoms with Crippen LogP contribution in [0.3, 0.4) is 0 Å². The summed E-state index contributed by atoms with van der Waals surface area (Å²) < 4.78 is 5.26. The van der Waals surface area contributed by atoms with Gasteiger partial charge in [0.2, 0.25) is 5.91 Å². The zero-order valence-corrected chi connectivity index (χ0v) is 13.3. The molecular formula is C20H18N2O2. The van der Waals surface area contributed by atoms with Gasteiger partial charge in [-0.15, -0.1) is 0 Å². The average molecular weight is 318 g/mol. The number of carbonyl (C=O) groups is 1. The van der Waals surface area contributed by atoms with E-state index in [9.17, 15) is 4.79 Å². The van der Waals surface area contributed by atoms with Gasteiger partial charge >= 0.3 is 0 Å². The summed E-state index contributed by atoms with van der Waals surface area (Å²) in [6, 6.07) is 22.9. The van der Waals surface area contributed by atoms with Crippen LogP contribution in [0.2, 0.25) is 0 Å². The van der Waals surface area contributed by atoms with Crippen molar-refractivity contribution in [3.05, 3.63) is 90.1 Å². The van der Waals surface area contributed by atoms with Crippen molar-refractivity contribution in [1.29, 1.82) is 0 Å². The van der Waals surface area contributed by atoms with Gasteiger partial charge in [0.1, 0.15) is 0 Å². The van der Waals surface area contributed by atoms with Crippen molar-refractivity contribution >= 4 is 11.7 Å². The number of hydrogen-bond acceptors (Lipinski definition) is 3. The van der Waals surface area contributed by atoms with Crippen LogP contribution < -0.4 is 10.1 Å². The van der Waals surface area contributed by atoms with Gasteiger partial charge in [0.25, 0.3) is 0 Å². The van der Waals surface area contributed by atoms with Gasteiger partial charge in [0.05, 0.1) is 13.0 Å². The first kappa shape index (κ1) is 15.7. The topological polar surface area (TPSA) is 51.2 Å². The SMILES string of the molecule is COc1cccnc1NC(=O)C(c1ccccc1)c1ccccc1. The molecule has 0 saturated heterocycles. The summed E-state index contributed by atoms with van der Waals surface area (Å²) in [5.74, 6) is 0.385. The van der Waals surface area contributed by atoms with Crippen LogP contribution in [0.5, 0.6) is 5.75 Å². The van der Waals surface area contributed by atoms with E-state index >= 15 is 0 Å². The van der Waals surface area contributed by atoms with Crippen LogP contribution in [0.4, 0.5) is 5.82 Å². The Morgan fingerprint density at radius 2 is 1.50 bits per heavy atom.